The molecule has 5 rings (SSSR count). The predicted molar refractivity (Wildman–Crippen MR) is 151 cm³/mol. The van der Waals surface area contributed by atoms with E-state index in [0.717, 1.165) is 43.4 Å². The molecule has 0 saturated carbocycles. The van der Waals surface area contributed by atoms with Crippen molar-refractivity contribution in [2.75, 3.05) is 32.4 Å². The second kappa shape index (κ2) is 11.9. The third-order valence-corrected chi connectivity index (χ3v) is 9.28. The third kappa shape index (κ3) is 6.78. The number of sulfonamides is 1. The number of carbonyl (C=O) groups excluding carboxylic acids is 2. The third-order valence-electron chi connectivity index (χ3n) is 7.97. The second-order valence-electron chi connectivity index (χ2n) is 10.9. The normalized spacial score (nSPS) is 18.0. The molecule has 1 amide bonds. The van der Waals surface area contributed by atoms with Crippen LogP contribution in [-0.2, 0) is 27.8 Å². The highest BCUT2D eigenvalue weighted by molar-refractivity contribution is 7.88. The zero-order valence-electron chi connectivity index (χ0n) is 22.6. The Morgan fingerprint density at radius 1 is 0.975 bits per heavy atom. The summed E-state index contributed by atoms with van der Waals surface area (Å²) in [5.74, 6) is -0.0157. The molecule has 3 heterocycles. The molecule has 2 aliphatic rings. The van der Waals surface area contributed by atoms with Crippen molar-refractivity contribution in [3.63, 3.8) is 0 Å². The van der Waals surface area contributed by atoms with Gasteiger partial charge in [0, 0.05) is 56.5 Å². The number of nitrogens with zero attached hydrogens (tertiary/aromatic N) is 3. The first-order valence-corrected chi connectivity index (χ1v) is 15.6. The van der Waals surface area contributed by atoms with E-state index >= 15 is 0 Å². The maximum absolute atomic E-state index is 12.9. The van der Waals surface area contributed by atoms with Gasteiger partial charge in [0.1, 0.15) is 11.4 Å². The number of Topliss-reactive ketones (excluding diaryl/α,β-unsaturated/α-hetero) is 1. The quantitative estimate of drug-likeness (QED) is 0.446. The van der Waals surface area contributed by atoms with E-state index in [1.807, 2.05) is 36.4 Å². The van der Waals surface area contributed by atoms with Crippen molar-refractivity contribution in [1.82, 2.24) is 14.5 Å². The lowest BCUT2D eigenvalue weighted by molar-refractivity contribution is -0.123. The average molecular weight is 563 g/mol. The largest absolute Gasteiger partial charge is 0.451 e. The van der Waals surface area contributed by atoms with E-state index in [0.29, 0.717) is 37.1 Å². The number of piperidine rings is 2. The summed E-state index contributed by atoms with van der Waals surface area (Å²) in [5, 5.41) is 12.8. The number of hydrogen-bond acceptors (Lipinski definition) is 7. The second-order valence-corrected chi connectivity index (χ2v) is 12.9. The molecule has 1 aromatic heterocycles. The van der Waals surface area contributed by atoms with Gasteiger partial charge in [0.15, 0.2) is 5.76 Å². The SMILES string of the molecule is CS(=O)(=O)N1CCC(C(=O)Cc2ccc3oc(C(=O)NC4CCN(Cc5ccc(C#N)cc5)CC4)cc3c2)CC1. The molecule has 0 spiro atoms. The van der Waals surface area contributed by atoms with Crippen LogP contribution in [-0.4, -0.2) is 67.8 Å². The van der Waals surface area contributed by atoms with Crippen molar-refractivity contribution < 1.29 is 22.4 Å². The predicted octanol–water partition coefficient (Wildman–Crippen LogP) is 3.48. The molecule has 2 aliphatic heterocycles. The van der Waals surface area contributed by atoms with Gasteiger partial charge in [-0.2, -0.15) is 5.26 Å². The van der Waals surface area contributed by atoms with Gasteiger partial charge in [-0.1, -0.05) is 18.2 Å². The first-order chi connectivity index (χ1) is 19.2. The fourth-order valence-electron chi connectivity index (χ4n) is 5.60. The summed E-state index contributed by atoms with van der Waals surface area (Å²) in [6, 6.07) is 17.1. The van der Waals surface area contributed by atoms with Gasteiger partial charge >= 0.3 is 0 Å². The van der Waals surface area contributed by atoms with Crippen LogP contribution in [0, 0.1) is 17.2 Å². The Labute approximate surface area is 234 Å². The Hall–Kier alpha value is -3.52. The lowest BCUT2D eigenvalue weighted by atomic mass is 9.90. The molecular formula is C30H34N4O5S. The number of benzene rings is 2. The van der Waals surface area contributed by atoms with Crippen LogP contribution in [0.1, 0.15) is 52.9 Å². The molecule has 0 aliphatic carbocycles. The van der Waals surface area contributed by atoms with Crippen molar-refractivity contribution in [3.05, 3.63) is 71.0 Å². The van der Waals surface area contributed by atoms with Crippen molar-refractivity contribution >= 4 is 32.7 Å². The van der Waals surface area contributed by atoms with Crippen LogP contribution in [0.2, 0.25) is 0 Å². The molecule has 0 radical (unpaired) electrons. The summed E-state index contributed by atoms with van der Waals surface area (Å²) in [5.41, 5.74) is 3.28. The zero-order chi connectivity index (χ0) is 28.3. The molecule has 0 atom stereocenters. The fraction of sp³-hybridized carbons (Fsp3) is 0.433. The number of furan rings is 1. The molecule has 0 bridgehead atoms. The Balaban J connectivity index is 1.12. The number of hydrogen-bond donors (Lipinski definition) is 1. The van der Waals surface area contributed by atoms with Gasteiger partial charge in [-0.15, -0.1) is 0 Å². The standard InChI is InChI=1S/C30H34N4O5S/c1-40(37,38)34-14-8-24(9-15-34)27(35)17-23-6-7-28-25(16-23)18-29(39-28)30(36)32-26-10-12-33(13-11-26)20-22-4-2-21(19-31)3-5-22/h2-7,16,18,24,26H,8-15,17,20H2,1H3,(H,32,36). The number of nitrogens with one attached hydrogen (secondary N) is 1. The number of likely N-dealkylation sites (tertiary alicyclic amines) is 1. The topological polar surface area (TPSA) is 124 Å². The monoisotopic (exact) mass is 562 g/mol. The minimum Gasteiger partial charge on any atom is -0.451 e. The lowest BCUT2D eigenvalue weighted by Gasteiger charge is -2.32. The van der Waals surface area contributed by atoms with Gasteiger partial charge in [-0.25, -0.2) is 12.7 Å². The number of ketones is 1. The molecule has 3 aromatic rings. The maximum Gasteiger partial charge on any atom is 0.287 e. The van der Waals surface area contributed by atoms with Gasteiger partial charge in [0.25, 0.3) is 5.91 Å². The number of nitriles is 1. The van der Waals surface area contributed by atoms with Gasteiger partial charge in [0.05, 0.1) is 17.9 Å². The molecule has 10 heteroatoms. The van der Waals surface area contributed by atoms with E-state index in [4.69, 9.17) is 9.68 Å². The Bertz CT molecular complexity index is 1520. The van der Waals surface area contributed by atoms with Crippen LogP contribution in [0.4, 0.5) is 0 Å². The molecule has 1 N–H and O–H groups in total. The Morgan fingerprint density at radius 3 is 2.30 bits per heavy atom. The summed E-state index contributed by atoms with van der Waals surface area (Å²) in [4.78, 5) is 28.2. The fourth-order valence-corrected chi connectivity index (χ4v) is 6.48. The van der Waals surface area contributed by atoms with E-state index in [9.17, 15) is 18.0 Å². The molecule has 9 nitrogen and oxygen atoms in total. The summed E-state index contributed by atoms with van der Waals surface area (Å²) >= 11 is 0. The minimum atomic E-state index is -3.22. The zero-order valence-corrected chi connectivity index (χ0v) is 23.5. The smallest absolute Gasteiger partial charge is 0.287 e. The molecule has 40 heavy (non-hydrogen) atoms. The number of amides is 1. The van der Waals surface area contributed by atoms with Crippen LogP contribution in [0.15, 0.2) is 52.9 Å². The van der Waals surface area contributed by atoms with Crippen molar-refractivity contribution in [2.45, 2.75) is 44.7 Å². The minimum absolute atomic E-state index is 0.0697. The molecule has 2 saturated heterocycles. The van der Waals surface area contributed by atoms with Crippen molar-refractivity contribution in [3.8, 4) is 6.07 Å². The van der Waals surface area contributed by atoms with E-state index in [-0.39, 0.29) is 35.8 Å². The van der Waals surface area contributed by atoms with Gasteiger partial charge in [0.2, 0.25) is 10.0 Å². The molecule has 2 fully saturated rings. The Morgan fingerprint density at radius 2 is 1.65 bits per heavy atom. The first-order valence-electron chi connectivity index (χ1n) is 13.7. The van der Waals surface area contributed by atoms with Crippen LogP contribution < -0.4 is 5.32 Å². The van der Waals surface area contributed by atoms with E-state index in [1.54, 1.807) is 12.1 Å². The first kappa shape index (κ1) is 28.0. The van der Waals surface area contributed by atoms with Crippen LogP contribution in [0.5, 0.6) is 0 Å². The van der Waals surface area contributed by atoms with Crippen LogP contribution in [0.3, 0.4) is 0 Å². The molecule has 2 aromatic carbocycles. The Kier molecular flexibility index (Phi) is 8.35. The number of fused-ring (bicyclic) bond motifs is 1. The van der Waals surface area contributed by atoms with E-state index in [2.05, 4.69) is 16.3 Å². The number of rotatable bonds is 8. The summed E-state index contributed by atoms with van der Waals surface area (Å²) in [6.45, 7) is 3.32. The number of carbonyl (C=O) groups is 2. The molecule has 210 valence electrons. The highest BCUT2D eigenvalue weighted by atomic mass is 32.2. The van der Waals surface area contributed by atoms with E-state index < -0.39 is 10.0 Å². The molecular weight excluding hydrogens is 528 g/mol. The van der Waals surface area contributed by atoms with Gasteiger partial charge in [-0.05, 0) is 67.1 Å². The summed E-state index contributed by atoms with van der Waals surface area (Å²) < 4.78 is 30.7. The van der Waals surface area contributed by atoms with Gasteiger partial charge < -0.3 is 9.73 Å². The lowest BCUT2D eigenvalue weighted by Crippen LogP contribution is -2.44. The van der Waals surface area contributed by atoms with Crippen molar-refractivity contribution in [2.24, 2.45) is 5.92 Å². The summed E-state index contributed by atoms with van der Waals surface area (Å²) in [7, 11) is -3.22. The van der Waals surface area contributed by atoms with Gasteiger partial charge in [-0.3, -0.25) is 14.5 Å². The maximum atomic E-state index is 12.9. The molecule has 0 unspecified atom stereocenters. The average Bonchev–Trinajstić information content (AvgIpc) is 3.38. The highest BCUT2D eigenvalue weighted by Crippen LogP contribution is 2.25. The highest BCUT2D eigenvalue weighted by Gasteiger charge is 2.29. The van der Waals surface area contributed by atoms with E-state index in [1.165, 1.54) is 16.1 Å². The van der Waals surface area contributed by atoms with Crippen LogP contribution in [0.25, 0.3) is 11.0 Å². The van der Waals surface area contributed by atoms with Crippen molar-refractivity contribution in [1.29, 1.82) is 5.26 Å². The summed E-state index contributed by atoms with van der Waals surface area (Å²) in [6.07, 6.45) is 4.24. The van der Waals surface area contributed by atoms with Crippen LogP contribution >= 0.6 is 0 Å².